The Labute approximate surface area is 443 Å². The molecule has 2 aromatic carbocycles. The summed E-state index contributed by atoms with van der Waals surface area (Å²) in [5, 5.41) is 31.7. The van der Waals surface area contributed by atoms with Crippen LogP contribution in [0.2, 0.25) is 0 Å². The van der Waals surface area contributed by atoms with Gasteiger partial charge in [0, 0.05) is 56.0 Å². The Bertz CT molecular complexity index is 2520. The molecule has 410 valence electrons. The third-order valence-electron chi connectivity index (χ3n) is 13.5. The van der Waals surface area contributed by atoms with Crippen LogP contribution >= 0.6 is 0 Å². The summed E-state index contributed by atoms with van der Waals surface area (Å²) in [4.78, 5) is 127. The van der Waals surface area contributed by atoms with Gasteiger partial charge in [0.1, 0.15) is 36.3 Å². The molecular weight excluding hydrogens is 975 g/mol. The molecular formula is C54H75N13O9. The minimum atomic E-state index is -1.46. The molecule has 0 saturated carbocycles. The monoisotopic (exact) mass is 1050 g/mol. The zero-order valence-electron chi connectivity index (χ0n) is 43.8. The van der Waals surface area contributed by atoms with Gasteiger partial charge in [-0.15, -0.1) is 0 Å². The Kier molecular flexibility index (Phi) is 21.6. The van der Waals surface area contributed by atoms with Gasteiger partial charge in [0.2, 0.25) is 47.3 Å². The van der Waals surface area contributed by atoms with Crippen LogP contribution in [-0.2, 0) is 64.0 Å². The first kappa shape index (κ1) is 57.8. The van der Waals surface area contributed by atoms with Crippen LogP contribution in [0.5, 0.6) is 0 Å². The second-order valence-electron chi connectivity index (χ2n) is 20.7. The van der Waals surface area contributed by atoms with Gasteiger partial charge in [-0.25, -0.2) is 9.97 Å². The van der Waals surface area contributed by atoms with E-state index in [1.54, 1.807) is 54.7 Å². The second kappa shape index (κ2) is 28.4. The van der Waals surface area contributed by atoms with Crippen LogP contribution in [0.1, 0.15) is 95.2 Å². The Morgan fingerprint density at radius 1 is 0.632 bits per heavy atom. The van der Waals surface area contributed by atoms with Gasteiger partial charge in [-0.1, -0.05) is 88.4 Å². The second-order valence-corrected chi connectivity index (χ2v) is 20.7. The Morgan fingerprint density at radius 3 is 1.72 bits per heavy atom. The third-order valence-corrected chi connectivity index (χ3v) is 13.5. The van der Waals surface area contributed by atoms with E-state index >= 15 is 0 Å². The number of amides is 8. The van der Waals surface area contributed by atoms with Crippen molar-refractivity contribution < 1.29 is 43.5 Å². The van der Waals surface area contributed by atoms with Crippen LogP contribution in [0.4, 0.5) is 0 Å². The molecule has 8 amide bonds. The molecule has 9 atom stereocenters. The molecule has 4 heterocycles. The first-order valence-corrected chi connectivity index (χ1v) is 26.3. The number of primary amides is 1. The molecule has 0 bridgehead atoms. The number of nitrogens with one attached hydrogen (secondary N) is 9. The highest BCUT2D eigenvalue weighted by atomic mass is 16.3. The van der Waals surface area contributed by atoms with Gasteiger partial charge in [0.25, 0.3) is 0 Å². The summed E-state index contributed by atoms with van der Waals surface area (Å²) >= 11 is 0. The minimum Gasteiger partial charge on any atom is -0.390 e. The first-order chi connectivity index (χ1) is 36.4. The molecule has 22 nitrogen and oxygen atoms in total. The highest BCUT2D eigenvalue weighted by molar-refractivity contribution is 5.97. The Hall–Kier alpha value is -7.46. The predicted molar refractivity (Wildman–Crippen MR) is 281 cm³/mol. The minimum absolute atomic E-state index is 0.0141. The number of aromatic amines is 2. The zero-order chi connectivity index (χ0) is 54.7. The van der Waals surface area contributed by atoms with Gasteiger partial charge in [-0.3, -0.25) is 38.4 Å². The maximum Gasteiger partial charge on any atom is 0.246 e. The summed E-state index contributed by atoms with van der Waals surface area (Å²) in [6.07, 6.45) is 6.84. The molecule has 2 aliphatic heterocycles. The lowest BCUT2D eigenvalue weighted by atomic mass is 9.95. The number of nitrogens with two attached hydrogens (primary N) is 1. The number of aromatic nitrogens is 4. The van der Waals surface area contributed by atoms with Crippen molar-refractivity contribution >= 4 is 47.3 Å². The molecule has 4 aromatic rings. The molecule has 0 radical (unpaired) electrons. The fourth-order valence-corrected chi connectivity index (χ4v) is 9.66. The number of aliphatic hydroxyl groups is 1. The van der Waals surface area contributed by atoms with Crippen LogP contribution < -0.4 is 43.0 Å². The third kappa shape index (κ3) is 17.6. The van der Waals surface area contributed by atoms with E-state index in [4.69, 9.17) is 5.73 Å². The Morgan fingerprint density at radius 2 is 1.17 bits per heavy atom. The number of aliphatic hydroxyl groups excluding tert-OH is 1. The van der Waals surface area contributed by atoms with Crippen molar-refractivity contribution in [2.75, 3.05) is 13.1 Å². The highest BCUT2D eigenvalue weighted by Crippen LogP contribution is 2.21. The normalized spacial score (nSPS) is 18.1. The van der Waals surface area contributed by atoms with E-state index in [0.29, 0.717) is 42.8 Å². The van der Waals surface area contributed by atoms with Crippen molar-refractivity contribution in [2.24, 2.45) is 17.6 Å². The van der Waals surface area contributed by atoms with E-state index in [2.05, 4.69) is 57.2 Å². The molecule has 12 N–H and O–H groups in total. The molecule has 2 fully saturated rings. The lowest BCUT2D eigenvalue weighted by Gasteiger charge is -2.31. The van der Waals surface area contributed by atoms with Gasteiger partial charge in [0.05, 0.1) is 37.3 Å². The van der Waals surface area contributed by atoms with E-state index in [1.165, 1.54) is 23.8 Å². The quantitative estimate of drug-likeness (QED) is 0.0368. The van der Waals surface area contributed by atoms with E-state index < -0.39 is 102 Å². The van der Waals surface area contributed by atoms with E-state index in [0.717, 1.165) is 12.0 Å². The van der Waals surface area contributed by atoms with Gasteiger partial charge >= 0.3 is 0 Å². The summed E-state index contributed by atoms with van der Waals surface area (Å²) in [5.41, 5.74) is 8.25. The number of hydrogen-bond donors (Lipinski definition) is 11. The topological polar surface area (TPSA) is 328 Å². The molecule has 0 spiro atoms. The van der Waals surface area contributed by atoms with Crippen LogP contribution in [-0.4, -0.2) is 145 Å². The summed E-state index contributed by atoms with van der Waals surface area (Å²) in [6.45, 7) is 8.41. The summed E-state index contributed by atoms with van der Waals surface area (Å²) in [6, 6.07) is 9.89. The maximum atomic E-state index is 14.6. The smallest absolute Gasteiger partial charge is 0.246 e. The van der Waals surface area contributed by atoms with Gasteiger partial charge in [-0.05, 0) is 68.0 Å². The molecule has 2 aliphatic rings. The molecule has 2 saturated heterocycles. The van der Waals surface area contributed by atoms with E-state index in [1.807, 2.05) is 39.8 Å². The summed E-state index contributed by atoms with van der Waals surface area (Å²) in [5.74, 6) is -4.97. The van der Waals surface area contributed by atoms with Crippen LogP contribution in [0.25, 0.3) is 0 Å². The number of carbonyl (C=O) groups is 8. The maximum absolute atomic E-state index is 14.6. The van der Waals surface area contributed by atoms with E-state index in [9.17, 15) is 43.5 Å². The Balaban J connectivity index is 1.16. The number of hydrogen-bond acceptors (Lipinski definition) is 12. The molecule has 0 aliphatic carbocycles. The molecule has 76 heavy (non-hydrogen) atoms. The average Bonchev–Trinajstić information content (AvgIpc) is 4.25. The van der Waals surface area contributed by atoms with Crippen molar-refractivity contribution in [3.8, 4) is 0 Å². The first-order valence-electron chi connectivity index (χ1n) is 26.3. The number of imidazole rings is 2. The number of H-pyrrole nitrogens is 2. The number of carbonyl (C=O) groups excluding carboxylic acids is 8. The number of benzene rings is 2. The molecule has 22 heteroatoms. The van der Waals surface area contributed by atoms with Crippen molar-refractivity contribution in [1.29, 1.82) is 0 Å². The SMILES string of the molecule is CC(C)C[C@H](NC(=O)C[C@H](O)[C@H](CC(C)C)NC(=O)[C@H](Cc1cnc[nH]1)NC(=O)[C@H](Cc1ccccc1)NC(=O)[C@H]1CCCN1C(=O)[C@H](Cc1cnc[nH]1)NC(=O)[C@H]1CCCN1)C(=O)N[C@@H](Cc1ccccc1)C(N)=O. The number of rotatable bonds is 28. The van der Waals surface area contributed by atoms with Crippen LogP contribution in [0.3, 0.4) is 0 Å². The average molecular weight is 1050 g/mol. The predicted octanol–water partition coefficient (Wildman–Crippen LogP) is 0.384. The van der Waals surface area contributed by atoms with Crippen LogP contribution in [0, 0.1) is 11.8 Å². The standard InChI is InChI=1S/C54H75N13O9/c1-32(2)21-39(46(68)27-47(69)61-41(22-33(3)4)50(72)63-40(48(55)70)23-34-13-7-5-8-14-34)62-52(74)43(25-36-28-56-30-59-36)64-51(73)42(24-35-15-9-6-10-16-35)65-53(75)45-18-12-20-67(45)54(76)44(26-37-29-57-31-60-37)66-49(71)38-17-11-19-58-38/h5-10,13-16,28-33,38-46,58,68H,11-12,17-27H2,1-4H3,(H2,55,70)(H,56,59)(H,57,60)(H,61,69)(H,62,74)(H,63,72)(H,64,73)(H,65,75)(H,66,71)/t38-,39+,40+,41+,42+,43+,44+,45-,46+/m1/s1. The lowest BCUT2D eigenvalue weighted by Crippen LogP contribution is -2.60. The summed E-state index contributed by atoms with van der Waals surface area (Å²) in [7, 11) is 0. The lowest BCUT2D eigenvalue weighted by molar-refractivity contribution is -0.142. The fraction of sp³-hybridized carbons (Fsp3) is 0.519. The molecule has 2 aromatic heterocycles. The fourth-order valence-electron chi connectivity index (χ4n) is 9.66. The molecule has 6 rings (SSSR count). The largest absolute Gasteiger partial charge is 0.390 e. The van der Waals surface area contributed by atoms with Crippen LogP contribution in [0.15, 0.2) is 85.7 Å². The van der Waals surface area contributed by atoms with Gasteiger partial charge in [0.15, 0.2) is 0 Å². The number of likely N-dealkylation sites (tertiary alicyclic amines) is 1. The highest BCUT2D eigenvalue weighted by Gasteiger charge is 2.41. The van der Waals surface area contributed by atoms with Crippen molar-refractivity contribution in [3.05, 3.63) is 108 Å². The van der Waals surface area contributed by atoms with Gasteiger partial charge < -0.3 is 62.9 Å². The molecule has 0 unspecified atom stereocenters. The summed E-state index contributed by atoms with van der Waals surface area (Å²) < 4.78 is 0. The van der Waals surface area contributed by atoms with Crippen molar-refractivity contribution in [1.82, 2.24) is 62.1 Å². The van der Waals surface area contributed by atoms with Crippen molar-refractivity contribution in [2.45, 2.75) is 153 Å². The van der Waals surface area contributed by atoms with Crippen molar-refractivity contribution in [3.63, 3.8) is 0 Å². The van der Waals surface area contributed by atoms with Gasteiger partial charge in [-0.2, -0.15) is 0 Å². The van der Waals surface area contributed by atoms with E-state index in [-0.39, 0.29) is 62.8 Å². The number of nitrogens with zero attached hydrogens (tertiary/aromatic N) is 3. The zero-order valence-corrected chi connectivity index (χ0v) is 43.8.